The highest BCUT2D eigenvalue weighted by Gasteiger charge is 2.20. The third kappa shape index (κ3) is 4.48. The summed E-state index contributed by atoms with van der Waals surface area (Å²) in [4.78, 5) is -0.0518. The maximum atomic E-state index is 12.1. The van der Waals surface area contributed by atoms with Gasteiger partial charge in [0.15, 0.2) is 0 Å². The number of hydrogen-bond acceptors (Lipinski definition) is 4. The van der Waals surface area contributed by atoms with Crippen LogP contribution in [0.5, 0.6) is 0 Å². The first-order valence-corrected chi connectivity index (χ1v) is 7.59. The fourth-order valence-electron chi connectivity index (χ4n) is 1.57. The predicted molar refractivity (Wildman–Crippen MR) is 72.3 cm³/mol. The number of nitrogens with one attached hydrogen (secondary N) is 1. The summed E-state index contributed by atoms with van der Waals surface area (Å²) in [6, 6.07) is 5.61. The van der Waals surface area contributed by atoms with Crippen LogP contribution in [0.15, 0.2) is 23.1 Å². The Morgan fingerprint density at radius 1 is 1.53 bits per heavy atom. The fourth-order valence-corrected chi connectivity index (χ4v) is 3.40. The van der Waals surface area contributed by atoms with Gasteiger partial charge >= 0.3 is 0 Å². The minimum atomic E-state index is -3.72. The Kier molecular flexibility index (Phi) is 5.76. The second-order valence-electron chi connectivity index (χ2n) is 4.15. The standard InChI is InChI=1S/C12H15ClN2O3S/c1-9(3-2-6-16)15-19(17,18)12-5-4-10(8-14)7-11(12)13/h4-5,7,9,15-16H,2-3,6H2,1H3. The Hall–Kier alpha value is -1.13. The number of benzene rings is 1. The first kappa shape index (κ1) is 15.9. The molecule has 0 aliphatic heterocycles. The maximum Gasteiger partial charge on any atom is 0.242 e. The van der Waals surface area contributed by atoms with E-state index in [-0.39, 0.29) is 22.6 Å². The van der Waals surface area contributed by atoms with Crippen LogP contribution in [0, 0.1) is 11.3 Å². The predicted octanol–water partition coefficient (Wildman–Crippen LogP) is 1.65. The van der Waals surface area contributed by atoms with E-state index in [0.29, 0.717) is 18.4 Å². The zero-order chi connectivity index (χ0) is 14.5. The molecular formula is C12H15ClN2O3S. The van der Waals surface area contributed by atoms with Crippen LogP contribution < -0.4 is 4.72 Å². The van der Waals surface area contributed by atoms with Gasteiger partial charge in [-0.05, 0) is 38.0 Å². The molecule has 0 radical (unpaired) electrons. The molecular weight excluding hydrogens is 288 g/mol. The molecule has 7 heteroatoms. The molecule has 1 aromatic carbocycles. The van der Waals surface area contributed by atoms with E-state index in [2.05, 4.69) is 4.72 Å². The summed E-state index contributed by atoms with van der Waals surface area (Å²) in [7, 11) is -3.72. The van der Waals surface area contributed by atoms with E-state index in [0.717, 1.165) is 0 Å². The van der Waals surface area contributed by atoms with Crippen molar-refractivity contribution in [3.8, 4) is 6.07 Å². The van der Waals surface area contributed by atoms with Crippen LogP contribution in [-0.2, 0) is 10.0 Å². The monoisotopic (exact) mass is 302 g/mol. The summed E-state index contributed by atoms with van der Waals surface area (Å²) in [5.41, 5.74) is 0.303. The molecule has 0 amide bonds. The molecule has 1 rings (SSSR count). The number of halogens is 1. The number of aliphatic hydroxyl groups excluding tert-OH is 1. The van der Waals surface area contributed by atoms with Crippen molar-refractivity contribution >= 4 is 21.6 Å². The van der Waals surface area contributed by atoms with E-state index in [9.17, 15) is 8.42 Å². The van der Waals surface area contributed by atoms with Gasteiger partial charge in [-0.3, -0.25) is 0 Å². The van der Waals surface area contributed by atoms with Crippen molar-refractivity contribution in [2.75, 3.05) is 6.61 Å². The van der Waals surface area contributed by atoms with Gasteiger partial charge in [0, 0.05) is 12.6 Å². The van der Waals surface area contributed by atoms with E-state index < -0.39 is 10.0 Å². The van der Waals surface area contributed by atoms with Gasteiger partial charge in [0.25, 0.3) is 0 Å². The molecule has 0 aliphatic rings. The van der Waals surface area contributed by atoms with E-state index in [1.54, 1.807) is 6.92 Å². The third-order valence-electron chi connectivity index (χ3n) is 2.50. The van der Waals surface area contributed by atoms with Gasteiger partial charge in [0.05, 0.1) is 16.7 Å². The molecule has 0 fully saturated rings. The first-order valence-electron chi connectivity index (χ1n) is 5.73. The number of sulfonamides is 1. The minimum Gasteiger partial charge on any atom is -0.396 e. The Morgan fingerprint density at radius 3 is 2.74 bits per heavy atom. The quantitative estimate of drug-likeness (QED) is 0.836. The molecule has 1 unspecified atom stereocenters. The second kappa shape index (κ2) is 6.87. The lowest BCUT2D eigenvalue weighted by Crippen LogP contribution is -2.32. The molecule has 2 N–H and O–H groups in total. The average Bonchev–Trinajstić information content (AvgIpc) is 2.35. The molecule has 1 atom stereocenters. The molecule has 0 spiro atoms. The smallest absolute Gasteiger partial charge is 0.242 e. The SMILES string of the molecule is CC(CCCO)NS(=O)(=O)c1ccc(C#N)cc1Cl. The molecule has 0 aliphatic carbocycles. The lowest BCUT2D eigenvalue weighted by Gasteiger charge is -2.14. The van der Waals surface area contributed by atoms with Gasteiger partial charge in [-0.2, -0.15) is 5.26 Å². The van der Waals surface area contributed by atoms with E-state index >= 15 is 0 Å². The highest BCUT2D eigenvalue weighted by atomic mass is 35.5. The second-order valence-corrected chi connectivity index (χ2v) is 6.23. The molecule has 0 heterocycles. The Bertz CT molecular complexity index is 581. The van der Waals surface area contributed by atoms with Crippen LogP contribution in [0.4, 0.5) is 0 Å². The minimum absolute atomic E-state index is 0.0147. The maximum absolute atomic E-state index is 12.1. The highest BCUT2D eigenvalue weighted by molar-refractivity contribution is 7.89. The van der Waals surface area contributed by atoms with Gasteiger partial charge in [-0.1, -0.05) is 11.6 Å². The van der Waals surface area contributed by atoms with Crippen LogP contribution in [0.25, 0.3) is 0 Å². The summed E-state index contributed by atoms with van der Waals surface area (Å²) < 4.78 is 26.6. The van der Waals surface area contributed by atoms with Gasteiger partial charge < -0.3 is 5.11 Å². The van der Waals surface area contributed by atoms with Gasteiger partial charge in [-0.15, -0.1) is 0 Å². The van der Waals surface area contributed by atoms with Gasteiger partial charge in [-0.25, -0.2) is 13.1 Å². The normalized spacial score (nSPS) is 12.9. The zero-order valence-corrected chi connectivity index (χ0v) is 12.0. The first-order chi connectivity index (χ1) is 8.90. The summed E-state index contributed by atoms with van der Waals surface area (Å²) in [5, 5.41) is 17.4. The van der Waals surface area contributed by atoms with Crippen molar-refractivity contribution in [3.63, 3.8) is 0 Å². The molecule has 19 heavy (non-hydrogen) atoms. The molecule has 0 saturated carbocycles. The Balaban J connectivity index is 2.92. The Labute approximate surface area is 117 Å². The van der Waals surface area contributed by atoms with E-state index in [1.165, 1.54) is 18.2 Å². The summed E-state index contributed by atoms with van der Waals surface area (Å²) in [6.45, 7) is 1.73. The van der Waals surface area contributed by atoms with Crippen LogP contribution >= 0.6 is 11.6 Å². The van der Waals surface area contributed by atoms with Crippen LogP contribution in [0.2, 0.25) is 5.02 Å². The molecule has 0 saturated heterocycles. The zero-order valence-electron chi connectivity index (χ0n) is 10.4. The molecule has 1 aromatic rings. The Morgan fingerprint density at radius 2 is 2.21 bits per heavy atom. The molecule has 0 bridgehead atoms. The number of rotatable bonds is 6. The molecule has 5 nitrogen and oxygen atoms in total. The number of nitrogens with zero attached hydrogens (tertiary/aromatic N) is 1. The third-order valence-corrected chi connectivity index (χ3v) is 4.57. The molecule has 104 valence electrons. The van der Waals surface area contributed by atoms with Gasteiger partial charge in [0.1, 0.15) is 4.90 Å². The number of hydrogen-bond donors (Lipinski definition) is 2. The van der Waals surface area contributed by atoms with Crippen molar-refractivity contribution in [3.05, 3.63) is 28.8 Å². The highest BCUT2D eigenvalue weighted by Crippen LogP contribution is 2.22. The lowest BCUT2D eigenvalue weighted by atomic mass is 10.2. The van der Waals surface area contributed by atoms with Crippen LogP contribution in [0.3, 0.4) is 0 Å². The van der Waals surface area contributed by atoms with Crippen molar-refractivity contribution in [2.24, 2.45) is 0 Å². The average molecular weight is 303 g/mol. The van der Waals surface area contributed by atoms with Crippen LogP contribution in [0.1, 0.15) is 25.3 Å². The van der Waals surface area contributed by atoms with E-state index in [1.807, 2.05) is 6.07 Å². The van der Waals surface area contributed by atoms with Crippen molar-refractivity contribution in [1.29, 1.82) is 5.26 Å². The largest absolute Gasteiger partial charge is 0.396 e. The number of aliphatic hydroxyl groups is 1. The van der Waals surface area contributed by atoms with E-state index in [4.69, 9.17) is 22.0 Å². The summed E-state index contributed by atoms with van der Waals surface area (Å²) >= 11 is 5.87. The van der Waals surface area contributed by atoms with Crippen molar-refractivity contribution in [1.82, 2.24) is 4.72 Å². The van der Waals surface area contributed by atoms with Gasteiger partial charge in [0.2, 0.25) is 10.0 Å². The fraction of sp³-hybridized carbons (Fsp3) is 0.417. The lowest BCUT2D eigenvalue weighted by molar-refractivity contribution is 0.279. The summed E-state index contributed by atoms with van der Waals surface area (Å²) in [5.74, 6) is 0. The number of nitriles is 1. The summed E-state index contributed by atoms with van der Waals surface area (Å²) in [6.07, 6.45) is 1.05. The van der Waals surface area contributed by atoms with Crippen molar-refractivity contribution in [2.45, 2.75) is 30.7 Å². The molecule has 0 aromatic heterocycles. The van der Waals surface area contributed by atoms with Crippen molar-refractivity contribution < 1.29 is 13.5 Å². The van der Waals surface area contributed by atoms with Crippen LogP contribution in [-0.4, -0.2) is 26.2 Å². The topological polar surface area (TPSA) is 90.2 Å².